The van der Waals surface area contributed by atoms with Gasteiger partial charge in [-0.2, -0.15) is 0 Å². The van der Waals surface area contributed by atoms with E-state index >= 15 is 0 Å². The Bertz CT molecular complexity index is 1050. The average molecular weight is 445 g/mol. The van der Waals surface area contributed by atoms with E-state index in [1.165, 1.54) is 11.1 Å². The van der Waals surface area contributed by atoms with Crippen molar-refractivity contribution in [1.29, 1.82) is 0 Å². The zero-order valence-corrected chi connectivity index (χ0v) is 18.4. The normalized spacial score (nSPS) is 13.0. The third kappa shape index (κ3) is 5.59. The SMILES string of the molecule is NC[C@H](CCC(=O)OCc1ccccc1)NC(=O)OCC1c2ccccc2-c2ccccc21. The molecule has 1 amide bonds. The second-order valence-electron chi connectivity index (χ2n) is 8.09. The lowest BCUT2D eigenvalue weighted by atomic mass is 9.98. The molecule has 0 spiro atoms. The zero-order chi connectivity index (χ0) is 23.0. The fraction of sp³-hybridized carbons (Fsp3) is 0.259. The van der Waals surface area contributed by atoms with E-state index in [0.29, 0.717) is 6.42 Å². The highest BCUT2D eigenvalue weighted by Gasteiger charge is 2.29. The fourth-order valence-electron chi connectivity index (χ4n) is 4.16. The van der Waals surface area contributed by atoms with E-state index in [1.54, 1.807) is 0 Å². The maximum Gasteiger partial charge on any atom is 0.407 e. The highest BCUT2D eigenvalue weighted by Crippen LogP contribution is 2.44. The maximum absolute atomic E-state index is 12.4. The van der Waals surface area contributed by atoms with E-state index in [2.05, 4.69) is 29.6 Å². The molecule has 0 bridgehead atoms. The van der Waals surface area contributed by atoms with Crippen LogP contribution >= 0.6 is 0 Å². The van der Waals surface area contributed by atoms with Gasteiger partial charge in [-0.15, -0.1) is 0 Å². The molecule has 0 saturated carbocycles. The van der Waals surface area contributed by atoms with Crippen molar-refractivity contribution in [3.63, 3.8) is 0 Å². The summed E-state index contributed by atoms with van der Waals surface area (Å²) in [5.41, 5.74) is 11.4. The molecule has 3 N–H and O–H groups in total. The molecule has 0 aromatic heterocycles. The molecule has 6 heteroatoms. The Morgan fingerprint density at radius 3 is 2.09 bits per heavy atom. The van der Waals surface area contributed by atoms with Crippen molar-refractivity contribution in [3.8, 4) is 11.1 Å². The number of nitrogens with one attached hydrogen (secondary N) is 1. The van der Waals surface area contributed by atoms with Crippen LogP contribution in [0.2, 0.25) is 0 Å². The van der Waals surface area contributed by atoms with Crippen molar-refractivity contribution in [2.75, 3.05) is 13.2 Å². The first kappa shape index (κ1) is 22.6. The molecule has 0 unspecified atom stereocenters. The van der Waals surface area contributed by atoms with Crippen LogP contribution in [0, 0.1) is 0 Å². The smallest absolute Gasteiger partial charge is 0.407 e. The Labute approximate surface area is 193 Å². The zero-order valence-electron chi connectivity index (χ0n) is 18.4. The molecule has 0 radical (unpaired) electrons. The van der Waals surface area contributed by atoms with Gasteiger partial charge in [-0.25, -0.2) is 4.79 Å². The number of alkyl carbamates (subject to hydrolysis) is 1. The van der Waals surface area contributed by atoms with Crippen LogP contribution in [0.4, 0.5) is 4.79 Å². The van der Waals surface area contributed by atoms with Crippen molar-refractivity contribution in [2.45, 2.75) is 31.4 Å². The van der Waals surface area contributed by atoms with Crippen LogP contribution in [-0.2, 0) is 20.9 Å². The Morgan fingerprint density at radius 2 is 1.45 bits per heavy atom. The summed E-state index contributed by atoms with van der Waals surface area (Å²) < 4.78 is 10.8. The number of fused-ring (bicyclic) bond motifs is 3. The first-order chi connectivity index (χ1) is 16.2. The number of carbonyl (C=O) groups excluding carboxylic acids is 2. The first-order valence-electron chi connectivity index (χ1n) is 11.2. The largest absolute Gasteiger partial charge is 0.461 e. The predicted octanol–water partition coefficient (Wildman–Crippen LogP) is 4.38. The molecule has 1 aliphatic rings. The Kier molecular flexibility index (Phi) is 7.37. The van der Waals surface area contributed by atoms with Crippen LogP contribution in [0.25, 0.3) is 11.1 Å². The standard InChI is InChI=1S/C27H28N2O4/c28-16-20(14-15-26(30)32-17-19-8-2-1-3-9-19)29-27(31)33-18-25-23-12-6-4-10-21(23)22-11-5-7-13-24(22)25/h1-13,20,25H,14-18,28H2,(H,29,31)/t20-/m0/s1. The monoisotopic (exact) mass is 444 g/mol. The molecule has 0 saturated heterocycles. The minimum Gasteiger partial charge on any atom is -0.461 e. The summed E-state index contributed by atoms with van der Waals surface area (Å²) in [6.45, 7) is 0.666. The third-order valence-electron chi connectivity index (χ3n) is 5.89. The molecule has 0 heterocycles. The molecule has 3 aromatic rings. The van der Waals surface area contributed by atoms with Crippen LogP contribution in [-0.4, -0.2) is 31.3 Å². The number of benzene rings is 3. The summed E-state index contributed by atoms with van der Waals surface area (Å²) in [7, 11) is 0. The van der Waals surface area contributed by atoms with E-state index < -0.39 is 6.09 Å². The molecule has 4 rings (SSSR count). The van der Waals surface area contributed by atoms with Gasteiger partial charge in [0.2, 0.25) is 0 Å². The highest BCUT2D eigenvalue weighted by atomic mass is 16.5. The Hall–Kier alpha value is -3.64. The number of amides is 1. The molecule has 1 atom stereocenters. The van der Waals surface area contributed by atoms with E-state index in [4.69, 9.17) is 15.2 Å². The van der Waals surface area contributed by atoms with Crippen LogP contribution in [0.1, 0.15) is 35.4 Å². The van der Waals surface area contributed by atoms with Gasteiger partial charge in [-0.1, -0.05) is 78.9 Å². The van der Waals surface area contributed by atoms with Gasteiger partial charge >= 0.3 is 12.1 Å². The molecule has 0 fully saturated rings. The van der Waals surface area contributed by atoms with Gasteiger partial charge in [0.1, 0.15) is 13.2 Å². The fourth-order valence-corrected chi connectivity index (χ4v) is 4.16. The highest BCUT2D eigenvalue weighted by molar-refractivity contribution is 5.79. The van der Waals surface area contributed by atoms with Gasteiger partial charge in [-0.05, 0) is 34.2 Å². The van der Waals surface area contributed by atoms with Crippen LogP contribution in [0.15, 0.2) is 78.9 Å². The summed E-state index contributed by atoms with van der Waals surface area (Å²) in [4.78, 5) is 24.5. The number of ether oxygens (including phenoxy) is 2. The van der Waals surface area contributed by atoms with Gasteiger partial charge in [-0.3, -0.25) is 4.79 Å². The quantitative estimate of drug-likeness (QED) is 0.478. The number of hydrogen-bond donors (Lipinski definition) is 2. The van der Waals surface area contributed by atoms with Crippen molar-refractivity contribution in [1.82, 2.24) is 5.32 Å². The van der Waals surface area contributed by atoms with Crippen LogP contribution < -0.4 is 11.1 Å². The third-order valence-corrected chi connectivity index (χ3v) is 5.89. The topological polar surface area (TPSA) is 90.7 Å². The van der Waals surface area contributed by atoms with E-state index in [9.17, 15) is 9.59 Å². The van der Waals surface area contributed by atoms with Gasteiger partial charge in [0.15, 0.2) is 0 Å². The van der Waals surface area contributed by atoms with E-state index in [0.717, 1.165) is 16.7 Å². The second-order valence-corrected chi connectivity index (χ2v) is 8.09. The van der Waals surface area contributed by atoms with Gasteiger partial charge < -0.3 is 20.5 Å². The predicted molar refractivity (Wildman–Crippen MR) is 127 cm³/mol. The molecule has 1 aliphatic carbocycles. The number of carbonyl (C=O) groups is 2. The molecule has 6 nitrogen and oxygen atoms in total. The lowest BCUT2D eigenvalue weighted by Crippen LogP contribution is -2.41. The van der Waals surface area contributed by atoms with Crippen molar-refractivity contribution >= 4 is 12.1 Å². The lowest BCUT2D eigenvalue weighted by Gasteiger charge is -2.18. The molecule has 0 aliphatic heterocycles. The summed E-state index contributed by atoms with van der Waals surface area (Å²) in [6, 6.07) is 25.5. The first-order valence-corrected chi connectivity index (χ1v) is 11.2. The lowest BCUT2D eigenvalue weighted by molar-refractivity contribution is -0.145. The van der Waals surface area contributed by atoms with Crippen LogP contribution in [0.5, 0.6) is 0 Å². The summed E-state index contributed by atoms with van der Waals surface area (Å²) in [5.74, 6) is -0.334. The van der Waals surface area contributed by atoms with Crippen molar-refractivity contribution < 1.29 is 19.1 Å². The Morgan fingerprint density at radius 1 is 0.848 bits per heavy atom. The van der Waals surface area contributed by atoms with Crippen molar-refractivity contribution in [3.05, 3.63) is 95.6 Å². The molecule has 170 valence electrons. The summed E-state index contributed by atoms with van der Waals surface area (Å²) in [6.07, 6.45) is 0.0112. The molecular weight excluding hydrogens is 416 g/mol. The Balaban J connectivity index is 1.25. The number of rotatable bonds is 9. The van der Waals surface area contributed by atoms with E-state index in [-0.39, 0.29) is 44.1 Å². The van der Waals surface area contributed by atoms with E-state index in [1.807, 2.05) is 54.6 Å². The van der Waals surface area contributed by atoms with Gasteiger partial charge in [0, 0.05) is 24.9 Å². The maximum atomic E-state index is 12.4. The summed E-state index contributed by atoms with van der Waals surface area (Å²) in [5, 5.41) is 2.77. The molecule has 3 aromatic carbocycles. The minimum absolute atomic E-state index is 0.00700. The molecule has 33 heavy (non-hydrogen) atoms. The molecular formula is C27H28N2O4. The number of hydrogen-bond acceptors (Lipinski definition) is 5. The van der Waals surface area contributed by atoms with Crippen LogP contribution in [0.3, 0.4) is 0 Å². The second kappa shape index (κ2) is 10.8. The average Bonchev–Trinajstić information content (AvgIpc) is 3.18. The number of esters is 1. The van der Waals surface area contributed by atoms with Gasteiger partial charge in [0.25, 0.3) is 0 Å². The van der Waals surface area contributed by atoms with Crippen molar-refractivity contribution in [2.24, 2.45) is 5.73 Å². The number of nitrogens with two attached hydrogens (primary N) is 1. The summed E-state index contributed by atoms with van der Waals surface area (Å²) >= 11 is 0. The van der Waals surface area contributed by atoms with Gasteiger partial charge in [0.05, 0.1) is 0 Å². The minimum atomic E-state index is -0.537.